The average molecular weight is 331 g/mol. The van der Waals surface area contributed by atoms with E-state index in [1.54, 1.807) is 0 Å². The Morgan fingerprint density at radius 1 is 0.957 bits per heavy atom. The third kappa shape index (κ3) is 2.76. The summed E-state index contributed by atoms with van der Waals surface area (Å²) in [5.41, 5.74) is 2.34. The van der Waals surface area contributed by atoms with Gasteiger partial charge in [-0.1, -0.05) is 37.1 Å². The molecular weight excluding hydrogens is 306 g/mol. The topological polar surface area (TPSA) is 37.4 Å². The van der Waals surface area contributed by atoms with Gasteiger partial charge in [-0.15, -0.1) is 0 Å². The lowest BCUT2D eigenvalue weighted by molar-refractivity contribution is 0.130. The van der Waals surface area contributed by atoms with Crippen LogP contribution in [-0.2, 0) is 16.4 Å². The maximum Gasteiger partial charge on any atom is 0.239 e. The number of fused-ring (bicyclic) bond motifs is 2. The van der Waals surface area contributed by atoms with Crippen LogP contribution in [0.1, 0.15) is 56.1 Å². The Hall–Kier alpha value is -1.13. The van der Waals surface area contributed by atoms with E-state index in [0.29, 0.717) is 23.8 Å². The largest absolute Gasteiger partial charge is 0.239 e. The normalized spacial score (nSPS) is 28.6. The molecule has 0 bridgehead atoms. The first kappa shape index (κ1) is 15.4. The van der Waals surface area contributed by atoms with Crippen molar-refractivity contribution < 1.29 is 8.42 Å². The summed E-state index contributed by atoms with van der Waals surface area (Å²) in [7, 11) is -3.30. The van der Waals surface area contributed by atoms with Crippen LogP contribution in [0, 0.1) is 5.92 Å². The number of sulfonamides is 1. The van der Waals surface area contributed by atoms with E-state index in [2.05, 4.69) is 6.07 Å². The van der Waals surface area contributed by atoms with Crippen LogP contribution < -0.4 is 0 Å². The minimum atomic E-state index is -3.30. The van der Waals surface area contributed by atoms with Crippen molar-refractivity contribution in [3.63, 3.8) is 0 Å². The van der Waals surface area contributed by atoms with Crippen LogP contribution in [0.3, 0.4) is 0 Å². The van der Waals surface area contributed by atoms with E-state index in [1.807, 2.05) is 28.6 Å². The van der Waals surface area contributed by atoms with E-state index in [0.717, 1.165) is 24.8 Å². The van der Waals surface area contributed by atoms with Crippen LogP contribution in [0.2, 0.25) is 0 Å². The van der Waals surface area contributed by atoms with E-state index < -0.39 is 10.0 Å². The lowest BCUT2D eigenvalue weighted by Gasteiger charge is -2.43. The lowest BCUT2D eigenvalue weighted by Crippen LogP contribution is -2.49. The van der Waals surface area contributed by atoms with Gasteiger partial charge in [0.2, 0.25) is 10.0 Å². The number of allylic oxidation sites excluding steroid dienone is 1. The number of aryl methyl sites for hydroxylation is 1. The number of hydrogen-bond acceptors (Lipinski definition) is 2. The molecule has 0 N–H and O–H groups in total. The minimum absolute atomic E-state index is 0.251. The molecule has 23 heavy (non-hydrogen) atoms. The quantitative estimate of drug-likeness (QED) is 0.822. The van der Waals surface area contributed by atoms with Crippen LogP contribution in [-0.4, -0.2) is 25.3 Å². The molecule has 1 saturated carbocycles. The Bertz CT molecular complexity index is 721. The van der Waals surface area contributed by atoms with Crippen molar-refractivity contribution in [2.24, 2.45) is 5.92 Å². The molecule has 0 unspecified atom stereocenters. The fourth-order valence-electron chi connectivity index (χ4n) is 4.64. The number of hydrogen-bond donors (Lipinski definition) is 0. The predicted molar refractivity (Wildman–Crippen MR) is 93.3 cm³/mol. The molecule has 0 amide bonds. The summed E-state index contributed by atoms with van der Waals surface area (Å²) >= 11 is 0. The Balaban J connectivity index is 1.66. The van der Waals surface area contributed by atoms with Gasteiger partial charge in [0.15, 0.2) is 0 Å². The molecule has 3 aliphatic rings. The monoisotopic (exact) mass is 331 g/mol. The van der Waals surface area contributed by atoms with Crippen LogP contribution in [0.4, 0.5) is 0 Å². The van der Waals surface area contributed by atoms with Crippen LogP contribution in [0.5, 0.6) is 0 Å². The zero-order chi connectivity index (χ0) is 15.9. The highest BCUT2D eigenvalue weighted by molar-refractivity contribution is 7.93. The van der Waals surface area contributed by atoms with Gasteiger partial charge < -0.3 is 0 Å². The van der Waals surface area contributed by atoms with Crippen molar-refractivity contribution in [2.75, 3.05) is 6.54 Å². The zero-order valence-electron chi connectivity index (χ0n) is 13.6. The van der Waals surface area contributed by atoms with E-state index in [9.17, 15) is 8.42 Å². The fourth-order valence-corrected chi connectivity index (χ4v) is 6.58. The zero-order valence-corrected chi connectivity index (χ0v) is 14.4. The third-order valence-corrected chi connectivity index (χ3v) is 7.90. The van der Waals surface area contributed by atoms with Gasteiger partial charge in [0.25, 0.3) is 0 Å². The summed E-state index contributed by atoms with van der Waals surface area (Å²) in [6.07, 6.45) is 10.3. The van der Waals surface area contributed by atoms with E-state index in [1.165, 1.54) is 31.2 Å². The molecule has 2 atom stereocenters. The Kier molecular flexibility index (Phi) is 4.06. The van der Waals surface area contributed by atoms with Crippen molar-refractivity contribution in [2.45, 2.75) is 57.4 Å². The Morgan fingerprint density at radius 2 is 1.74 bits per heavy atom. The Morgan fingerprint density at radius 3 is 2.65 bits per heavy atom. The second-order valence-corrected chi connectivity index (χ2v) is 9.12. The van der Waals surface area contributed by atoms with Crippen LogP contribution >= 0.6 is 0 Å². The SMILES string of the molecule is O=S(=O)(C1=Cc2ccccc2CC1)N1CCC[C@@H]2CCCC[C@H]21. The highest BCUT2D eigenvalue weighted by Gasteiger charge is 2.40. The smallest absolute Gasteiger partial charge is 0.207 e. The van der Waals surface area contributed by atoms with Gasteiger partial charge in [0.05, 0.1) is 4.91 Å². The third-order valence-electron chi connectivity index (χ3n) is 5.84. The maximum absolute atomic E-state index is 13.3. The summed E-state index contributed by atoms with van der Waals surface area (Å²) in [6, 6.07) is 8.41. The molecule has 0 spiro atoms. The molecule has 3 nitrogen and oxygen atoms in total. The number of rotatable bonds is 2. The van der Waals surface area contributed by atoms with Crippen molar-refractivity contribution in [3.05, 3.63) is 40.3 Å². The predicted octanol–water partition coefficient (Wildman–Crippen LogP) is 3.96. The summed E-state index contributed by atoms with van der Waals surface area (Å²) in [5, 5.41) is 0. The standard InChI is InChI=1S/C19H25NO2S/c21-23(22,18-12-11-15-6-1-2-8-17(15)14-18)20-13-5-9-16-7-3-4-10-19(16)20/h1-2,6,8,14,16,19H,3-5,7,9-13H2/t16-,19+/m0/s1. The van der Waals surface area contributed by atoms with Crippen molar-refractivity contribution >= 4 is 16.1 Å². The second-order valence-electron chi connectivity index (χ2n) is 7.18. The van der Waals surface area contributed by atoms with Gasteiger partial charge in [-0.25, -0.2) is 8.42 Å². The van der Waals surface area contributed by atoms with Crippen molar-refractivity contribution in [1.82, 2.24) is 4.31 Å². The number of piperidine rings is 1. The number of benzene rings is 1. The summed E-state index contributed by atoms with van der Waals surface area (Å²) < 4.78 is 28.4. The van der Waals surface area contributed by atoms with E-state index >= 15 is 0 Å². The van der Waals surface area contributed by atoms with Gasteiger partial charge in [0.1, 0.15) is 0 Å². The summed E-state index contributed by atoms with van der Waals surface area (Å²) in [5.74, 6) is 0.587. The molecule has 1 aromatic rings. The fraction of sp³-hybridized carbons (Fsp3) is 0.579. The number of nitrogens with zero attached hydrogens (tertiary/aromatic N) is 1. The minimum Gasteiger partial charge on any atom is -0.207 e. The second kappa shape index (κ2) is 6.06. The highest BCUT2D eigenvalue weighted by atomic mass is 32.2. The van der Waals surface area contributed by atoms with Crippen molar-refractivity contribution in [1.29, 1.82) is 0 Å². The van der Waals surface area contributed by atoms with Gasteiger partial charge in [-0.3, -0.25) is 0 Å². The molecule has 0 radical (unpaired) electrons. The van der Waals surface area contributed by atoms with Gasteiger partial charge in [0, 0.05) is 12.6 Å². The molecule has 1 saturated heterocycles. The van der Waals surface area contributed by atoms with Gasteiger partial charge in [-0.05, 0) is 61.6 Å². The highest BCUT2D eigenvalue weighted by Crippen LogP contribution is 2.39. The summed E-state index contributed by atoms with van der Waals surface area (Å²) in [4.78, 5) is 0.627. The molecule has 0 aromatic heterocycles. The van der Waals surface area contributed by atoms with E-state index in [4.69, 9.17) is 0 Å². The molecular formula is C19H25NO2S. The molecule has 4 heteroatoms. The maximum atomic E-state index is 13.3. The molecule has 4 rings (SSSR count). The van der Waals surface area contributed by atoms with Gasteiger partial charge >= 0.3 is 0 Å². The molecule has 124 valence electrons. The van der Waals surface area contributed by atoms with Crippen LogP contribution in [0.15, 0.2) is 29.2 Å². The first-order valence-electron chi connectivity index (χ1n) is 8.96. The average Bonchev–Trinajstić information content (AvgIpc) is 2.60. The molecule has 2 fully saturated rings. The molecule has 2 aliphatic carbocycles. The molecule has 1 heterocycles. The molecule has 1 aliphatic heterocycles. The van der Waals surface area contributed by atoms with Gasteiger partial charge in [-0.2, -0.15) is 4.31 Å². The van der Waals surface area contributed by atoms with Crippen LogP contribution in [0.25, 0.3) is 6.08 Å². The summed E-state index contributed by atoms with van der Waals surface area (Å²) in [6.45, 7) is 0.711. The lowest BCUT2D eigenvalue weighted by atomic mass is 9.79. The first-order chi connectivity index (χ1) is 11.2. The molecule has 1 aromatic carbocycles. The van der Waals surface area contributed by atoms with E-state index in [-0.39, 0.29) is 6.04 Å². The Labute approximate surface area is 139 Å². The van der Waals surface area contributed by atoms with Crippen molar-refractivity contribution in [3.8, 4) is 0 Å². The first-order valence-corrected chi connectivity index (χ1v) is 10.4.